The summed E-state index contributed by atoms with van der Waals surface area (Å²) in [6.07, 6.45) is 2.61. The molecule has 0 aliphatic heterocycles. The maximum Gasteiger partial charge on any atom is 0.118 e. The second kappa shape index (κ2) is 6.02. The molecule has 3 rings (SSSR count). The van der Waals surface area contributed by atoms with Crippen molar-refractivity contribution in [1.29, 1.82) is 0 Å². The summed E-state index contributed by atoms with van der Waals surface area (Å²) >= 11 is 1.73. The standard InChI is InChI=1S/C16H20N2OS/c1-11-7-12(2)18-16(8-11)20-10-15-6-5-14(19-15)9-17-13-3-4-13/h5-8,13,17H,3-4,9-10H2,1-2H3. The Kier molecular flexibility index (Phi) is 4.13. The van der Waals surface area contributed by atoms with Crippen LogP contribution in [0.1, 0.15) is 35.6 Å². The predicted molar refractivity (Wildman–Crippen MR) is 81.8 cm³/mol. The molecule has 0 unspecified atom stereocenters. The molecule has 3 nitrogen and oxygen atoms in total. The molecule has 2 aromatic rings. The van der Waals surface area contributed by atoms with Crippen molar-refractivity contribution in [2.75, 3.05) is 0 Å². The number of rotatable bonds is 6. The molecule has 0 spiro atoms. The zero-order valence-electron chi connectivity index (χ0n) is 12.0. The van der Waals surface area contributed by atoms with Gasteiger partial charge in [-0.2, -0.15) is 0 Å². The lowest BCUT2D eigenvalue weighted by molar-refractivity contribution is 0.458. The zero-order chi connectivity index (χ0) is 13.9. The quantitative estimate of drug-likeness (QED) is 0.820. The maximum absolute atomic E-state index is 5.83. The Balaban J connectivity index is 1.54. The molecule has 2 heterocycles. The first kappa shape index (κ1) is 13.7. The molecule has 1 saturated carbocycles. The third-order valence-electron chi connectivity index (χ3n) is 3.30. The molecule has 0 radical (unpaired) electrons. The Hall–Kier alpha value is -1.26. The van der Waals surface area contributed by atoms with Crippen molar-refractivity contribution in [2.45, 2.75) is 50.1 Å². The van der Waals surface area contributed by atoms with E-state index in [2.05, 4.69) is 41.5 Å². The van der Waals surface area contributed by atoms with Crippen molar-refractivity contribution in [3.05, 3.63) is 47.0 Å². The van der Waals surface area contributed by atoms with E-state index in [1.54, 1.807) is 11.8 Å². The molecule has 4 heteroatoms. The van der Waals surface area contributed by atoms with Crippen LogP contribution in [0, 0.1) is 13.8 Å². The van der Waals surface area contributed by atoms with E-state index in [9.17, 15) is 0 Å². The van der Waals surface area contributed by atoms with Gasteiger partial charge in [-0.1, -0.05) is 11.8 Å². The maximum atomic E-state index is 5.83. The molecule has 0 amide bonds. The molecule has 2 aromatic heterocycles. The van der Waals surface area contributed by atoms with Crippen molar-refractivity contribution in [1.82, 2.24) is 10.3 Å². The van der Waals surface area contributed by atoms with E-state index >= 15 is 0 Å². The SMILES string of the molecule is Cc1cc(C)nc(SCc2ccc(CNC3CC3)o2)c1. The summed E-state index contributed by atoms with van der Waals surface area (Å²) in [6, 6.07) is 9.08. The van der Waals surface area contributed by atoms with Crippen LogP contribution in [0.25, 0.3) is 0 Å². The molecule has 106 valence electrons. The minimum Gasteiger partial charge on any atom is -0.464 e. The molecule has 0 atom stereocenters. The van der Waals surface area contributed by atoms with E-state index < -0.39 is 0 Å². The normalized spacial score (nSPS) is 14.7. The van der Waals surface area contributed by atoms with Crippen molar-refractivity contribution in [2.24, 2.45) is 0 Å². The Bertz CT molecular complexity index is 570. The second-order valence-electron chi connectivity index (χ2n) is 5.44. The van der Waals surface area contributed by atoms with E-state index in [4.69, 9.17) is 4.42 Å². The van der Waals surface area contributed by atoms with Crippen LogP contribution in [0.15, 0.2) is 33.7 Å². The first-order valence-electron chi connectivity index (χ1n) is 7.08. The molecular weight excluding hydrogens is 268 g/mol. The minimum atomic E-state index is 0.720. The van der Waals surface area contributed by atoms with Gasteiger partial charge >= 0.3 is 0 Å². The van der Waals surface area contributed by atoms with Crippen LogP contribution >= 0.6 is 11.8 Å². The van der Waals surface area contributed by atoms with Gasteiger partial charge in [-0.15, -0.1) is 0 Å². The van der Waals surface area contributed by atoms with E-state index in [1.165, 1.54) is 18.4 Å². The van der Waals surface area contributed by atoms with E-state index in [-0.39, 0.29) is 0 Å². The number of aryl methyl sites for hydroxylation is 2. The van der Waals surface area contributed by atoms with Gasteiger partial charge in [-0.05, 0) is 56.5 Å². The van der Waals surface area contributed by atoms with Gasteiger partial charge in [0.05, 0.1) is 17.3 Å². The van der Waals surface area contributed by atoms with Crippen molar-refractivity contribution >= 4 is 11.8 Å². The summed E-state index contributed by atoms with van der Waals surface area (Å²) < 4.78 is 5.83. The Morgan fingerprint density at radius 2 is 2.05 bits per heavy atom. The molecule has 0 aromatic carbocycles. The van der Waals surface area contributed by atoms with Gasteiger partial charge in [-0.3, -0.25) is 0 Å². The van der Waals surface area contributed by atoms with Gasteiger partial charge in [-0.25, -0.2) is 4.98 Å². The zero-order valence-corrected chi connectivity index (χ0v) is 12.8. The number of furan rings is 1. The lowest BCUT2D eigenvalue weighted by Gasteiger charge is -2.03. The smallest absolute Gasteiger partial charge is 0.118 e. The summed E-state index contributed by atoms with van der Waals surface area (Å²) in [5.41, 5.74) is 2.33. The highest BCUT2D eigenvalue weighted by molar-refractivity contribution is 7.98. The Morgan fingerprint density at radius 3 is 2.80 bits per heavy atom. The monoisotopic (exact) mass is 288 g/mol. The van der Waals surface area contributed by atoms with Crippen molar-refractivity contribution in [3.63, 3.8) is 0 Å². The molecule has 1 fully saturated rings. The van der Waals surface area contributed by atoms with Crippen LogP contribution in [-0.4, -0.2) is 11.0 Å². The number of pyridine rings is 1. The van der Waals surface area contributed by atoms with Gasteiger partial charge in [0.25, 0.3) is 0 Å². The highest BCUT2D eigenvalue weighted by Crippen LogP contribution is 2.24. The molecule has 1 aliphatic rings. The van der Waals surface area contributed by atoms with Gasteiger partial charge < -0.3 is 9.73 Å². The van der Waals surface area contributed by atoms with Crippen molar-refractivity contribution < 1.29 is 4.42 Å². The third kappa shape index (κ3) is 3.87. The summed E-state index contributed by atoms with van der Waals surface area (Å²) in [7, 11) is 0. The van der Waals surface area contributed by atoms with Crippen molar-refractivity contribution in [3.8, 4) is 0 Å². The van der Waals surface area contributed by atoms with Crippen LogP contribution in [0.5, 0.6) is 0 Å². The van der Waals surface area contributed by atoms with Gasteiger partial charge in [0.15, 0.2) is 0 Å². The van der Waals surface area contributed by atoms with Crippen LogP contribution in [-0.2, 0) is 12.3 Å². The van der Waals surface area contributed by atoms with Crippen LogP contribution < -0.4 is 5.32 Å². The van der Waals surface area contributed by atoms with Crippen LogP contribution in [0.4, 0.5) is 0 Å². The number of nitrogens with one attached hydrogen (secondary N) is 1. The molecule has 0 bridgehead atoms. The van der Waals surface area contributed by atoms with Gasteiger partial charge in [0.1, 0.15) is 11.5 Å². The topological polar surface area (TPSA) is 38.1 Å². The Labute approximate surface area is 124 Å². The summed E-state index contributed by atoms with van der Waals surface area (Å²) in [4.78, 5) is 4.53. The number of thioether (sulfide) groups is 1. The highest BCUT2D eigenvalue weighted by Gasteiger charge is 2.20. The molecule has 20 heavy (non-hydrogen) atoms. The second-order valence-corrected chi connectivity index (χ2v) is 6.43. The summed E-state index contributed by atoms with van der Waals surface area (Å²) in [6.45, 7) is 4.98. The third-order valence-corrected chi connectivity index (χ3v) is 4.23. The number of aromatic nitrogens is 1. The van der Waals surface area contributed by atoms with E-state index in [1.807, 2.05) is 6.92 Å². The van der Waals surface area contributed by atoms with Gasteiger partial charge in [0.2, 0.25) is 0 Å². The summed E-state index contributed by atoms with van der Waals surface area (Å²) in [5.74, 6) is 2.88. The average Bonchev–Trinajstić information content (AvgIpc) is 3.12. The fourth-order valence-corrected chi connectivity index (χ4v) is 3.07. The number of nitrogens with zero attached hydrogens (tertiary/aromatic N) is 1. The predicted octanol–water partition coefficient (Wildman–Crippen LogP) is 3.84. The minimum absolute atomic E-state index is 0.720. The molecule has 1 N–H and O–H groups in total. The van der Waals surface area contributed by atoms with Crippen LogP contribution in [0.3, 0.4) is 0 Å². The first-order valence-corrected chi connectivity index (χ1v) is 8.07. The largest absolute Gasteiger partial charge is 0.464 e. The number of hydrogen-bond acceptors (Lipinski definition) is 4. The molecule has 0 saturated heterocycles. The lowest BCUT2D eigenvalue weighted by atomic mass is 10.3. The molecular formula is C16H20N2OS. The van der Waals surface area contributed by atoms with E-state index in [0.29, 0.717) is 0 Å². The molecule has 1 aliphatic carbocycles. The highest BCUT2D eigenvalue weighted by atomic mass is 32.2. The lowest BCUT2D eigenvalue weighted by Crippen LogP contribution is -2.14. The van der Waals surface area contributed by atoms with E-state index in [0.717, 1.165) is 40.6 Å². The first-order chi connectivity index (χ1) is 9.69. The fraction of sp³-hybridized carbons (Fsp3) is 0.438. The van der Waals surface area contributed by atoms with Crippen LogP contribution in [0.2, 0.25) is 0 Å². The number of hydrogen-bond donors (Lipinski definition) is 1. The fourth-order valence-electron chi connectivity index (χ4n) is 2.15. The van der Waals surface area contributed by atoms with Gasteiger partial charge in [0, 0.05) is 11.7 Å². The average molecular weight is 288 g/mol. The Morgan fingerprint density at radius 1 is 1.25 bits per heavy atom. The summed E-state index contributed by atoms with van der Waals surface area (Å²) in [5, 5.41) is 4.53.